The standard InChI is InChI=1S/C26H38BrN2OSSi.Li/c1-9-13-28-16-20(3)29(17-19(28)2)25(24-15-22(27)18-31-24)21-11-10-12-23(14-21)30-32(7,8)26(4,5)6;/h9-12,14,18-20,25H,1,13,16-17H2,2-8H3;/q-1;+1/t19-,20+,25+;/m1./s1. The Morgan fingerprint density at radius 1 is 1.27 bits per heavy atom. The molecular weight excluding hydrogens is 503 g/mol. The van der Waals surface area contributed by atoms with E-state index in [9.17, 15) is 0 Å². The van der Waals surface area contributed by atoms with Gasteiger partial charge in [0.05, 0.1) is 6.04 Å². The average molecular weight is 542 g/mol. The van der Waals surface area contributed by atoms with E-state index in [1.807, 2.05) is 6.08 Å². The summed E-state index contributed by atoms with van der Waals surface area (Å²) >= 11 is 5.41. The molecule has 0 unspecified atom stereocenters. The van der Waals surface area contributed by atoms with Crippen molar-refractivity contribution in [2.45, 2.75) is 70.9 Å². The number of hydrogen-bond acceptors (Lipinski definition) is 4. The maximum absolute atomic E-state index is 6.67. The fourth-order valence-corrected chi connectivity index (χ4v) is 6.63. The molecule has 0 N–H and O–H groups in total. The topological polar surface area (TPSA) is 15.7 Å². The van der Waals surface area contributed by atoms with E-state index < -0.39 is 8.32 Å². The van der Waals surface area contributed by atoms with Gasteiger partial charge in [-0.15, -0.1) is 16.4 Å². The smallest absolute Gasteiger partial charge is 0.543 e. The molecule has 33 heavy (non-hydrogen) atoms. The van der Waals surface area contributed by atoms with E-state index in [1.54, 1.807) is 11.3 Å². The van der Waals surface area contributed by atoms with Crippen LogP contribution in [-0.4, -0.2) is 49.8 Å². The summed E-state index contributed by atoms with van der Waals surface area (Å²) in [7, 11) is -1.90. The molecule has 1 aromatic heterocycles. The second-order valence-electron chi connectivity index (χ2n) is 10.5. The quantitative estimate of drug-likeness (QED) is 0.294. The van der Waals surface area contributed by atoms with Crippen molar-refractivity contribution >= 4 is 35.6 Å². The first-order valence-corrected chi connectivity index (χ1v) is 16.1. The molecule has 1 aliphatic heterocycles. The summed E-state index contributed by atoms with van der Waals surface area (Å²) in [6, 6.07) is 13.4. The Hall–Kier alpha value is -0.326. The second kappa shape index (κ2) is 11.6. The largest absolute Gasteiger partial charge is 1.00 e. The van der Waals surface area contributed by atoms with Gasteiger partial charge in [0.2, 0.25) is 8.32 Å². The Morgan fingerprint density at radius 3 is 2.55 bits per heavy atom. The Balaban J connectivity index is 0.00000385. The molecule has 1 saturated heterocycles. The zero-order valence-corrected chi connectivity index (χ0v) is 25.0. The van der Waals surface area contributed by atoms with Crippen molar-refractivity contribution in [2.24, 2.45) is 0 Å². The van der Waals surface area contributed by atoms with Crippen LogP contribution in [0, 0.1) is 6.07 Å². The third-order valence-corrected chi connectivity index (χ3v) is 13.0. The molecule has 0 saturated carbocycles. The van der Waals surface area contributed by atoms with Gasteiger partial charge >= 0.3 is 18.9 Å². The van der Waals surface area contributed by atoms with Crippen LogP contribution in [0.1, 0.15) is 51.1 Å². The molecule has 3 nitrogen and oxygen atoms in total. The number of halogens is 1. The minimum atomic E-state index is -1.90. The van der Waals surface area contributed by atoms with Gasteiger partial charge in [-0.25, -0.2) is 6.07 Å². The number of rotatable bonds is 7. The average Bonchev–Trinajstić information content (AvgIpc) is 3.11. The zero-order chi connectivity index (χ0) is 23.7. The Bertz CT molecular complexity index is 929. The van der Waals surface area contributed by atoms with Gasteiger partial charge in [0.1, 0.15) is 5.75 Å². The molecule has 0 aliphatic carbocycles. The van der Waals surface area contributed by atoms with E-state index in [-0.39, 0.29) is 29.9 Å². The SMILES string of the molecule is C=CCN1C[C@H](C)N([C@@H](c2cccc(O[Si](C)(C)C(C)(C)C)c2)c2[c-]c(Br)cs2)C[C@H]1C.[Li+]. The van der Waals surface area contributed by atoms with Gasteiger partial charge in [0.15, 0.2) is 0 Å². The monoisotopic (exact) mass is 540 g/mol. The molecule has 3 rings (SSSR count). The van der Waals surface area contributed by atoms with Crippen molar-refractivity contribution < 1.29 is 23.3 Å². The number of piperazine rings is 1. The van der Waals surface area contributed by atoms with E-state index >= 15 is 0 Å². The van der Waals surface area contributed by atoms with Crippen LogP contribution in [0.3, 0.4) is 0 Å². The van der Waals surface area contributed by atoms with Gasteiger partial charge in [0, 0.05) is 31.7 Å². The minimum Gasteiger partial charge on any atom is -0.543 e. The molecule has 7 heteroatoms. The summed E-state index contributed by atoms with van der Waals surface area (Å²) in [4.78, 5) is 6.42. The van der Waals surface area contributed by atoms with Crippen LogP contribution in [0.15, 0.2) is 46.8 Å². The van der Waals surface area contributed by atoms with Gasteiger partial charge in [-0.1, -0.05) is 59.8 Å². The Labute approximate surface area is 227 Å². The molecular formula is C26H38BrLiN2OSSi. The van der Waals surface area contributed by atoms with Crippen LogP contribution in [0.5, 0.6) is 5.75 Å². The van der Waals surface area contributed by atoms with E-state index in [1.165, 1.54) is 10.4 Å². The predicted octanol–water partition coefficient (Wildman–Crippen LogP) is 4.37. The molecule has 2 heterocycles. The molecule has 1 aliphatic rings. The summed E-state index contributed by atoms with van der Waals surface area (Å²) in [5, 5.41) is 2.31. The number of nitrogens with zero attached hydrogens (tertiary/aromatic N) is 2. The molecule has 2 aromatic rings. The molecule has 1 aromatic carbocycles. The molecule has 176 valence electrons. The molecule has 0 radical (unpaired) electrons. The van der Waals surface area contributed by atoms with E-state index in [2.05, 4.69) is 116 Å². The van der Waals surface area contributed by atoms with E-state index in [0.29, 0.717) is 12.1 Å². The maximum atomic E-state index is 6.67. The number of benzene rings is 1. The zero-order valence-electron chi connectivity index (χ0n) is 21.6. The molecule has 1 fully saturated rings. The second-order valence-corrected chi connectivity index (χ2v) is 17.0. The first kappa shape index (κ1) is 28.9. The van der Waals surface area contributed by atoms with Crippen LogP contribution < -0.4 is 23.3 Å². The first-order valence-electron chi connectivity index (χ1n) is 11.5. The van der Waals surface area contributed by atoms with Crippen LogP contribution in [0.2, 0.25) is 18.1 Å². The summed E-state index contributed by atoms with van der Waals surface area (Å²) < 4.78 is 7.70. The Morgan fingerprint density at radius 2 is 1.97 bits per heavy atom. The van der Waals surface area contributed by atoms with Gasteiger partial charge in [-0.05, 0) is 49.7 Å². The normalized spacial score (nSPS) is 21.3. The third-order valence-electron chi connectivity index (χ3n) is 6.99. The van der Waals surface area contributed by atoms with Crippen molar-refractivity contribution in [2.75, 3.05) is 19.6 Å². The van der Waals surface area contributed by atoms with Crippen molar-refractivity contribution in [3.63, 3.8) is 0 Å². The number of thiophene rings is 1. The number of hydrogen-bond donors (Lipinski definition) is 0. The fourth-order valence-electron chi connectivity index (χ4n) is 4.12. The van der Waals surface area contributed by atoms with Gasteiger partial charge < -0.3 is 4.43 Å². The molecule has 0 bridgehead atoms. The summed E-state index contributed by atoms with van der Waals surface area (Å²) in [5.74, 6) is 0.987. The maximum Gasteiger partial charge on any atom is 1.00 e. The van der Waals surface area contributed by atoms with Crippen molar-refractivity contribution in [1.29, 1.82) is 0 Å². The van der Waals surface area contributed by atoms with Gasteiger partial charge in [-0.3, -0.25) is 21.1 Å². The van der Waals surface area contributed by atoms with Crippen molar-refractivity contribution in [3.8, 4) is 5.75 Å². The molecule has 0 amide bonds. The fraction of sp³-hybridized carbons (Fsp3) is 0.538. The van der Waals surface area contributed by atoms with Crippen LogP contribution in [0.25, 0.3) is 0 Å². The first-order chi connectivity index (χ1) is 14.9. The van der Waals surface area contributed by atoms with Gasteiger partial charge in [-0.2, -0.15) is 0 Å². The van der Waals surface area contributed by atoms with Gasteiger partial charge in [0.25, 0.3) is 0 Å². The van der Waals surface area contributed by atoms with Crippen molar-refractivity contribution in [3.05, 3.63) is 63.3 Å². The van der Waals surface area contributed by atoms with E-state index in [0.717, 1.165) is 29.9 Å². The Kier molecular flexibility index (Phi) is 10.2. The molecule has 0 spiro atoms. The summed E-state index contributed by atoms with van der Waals surface area (Å²) in [6.07, 6.45) is 2.02. The summed E-state index contributed by atoms with van der Waals surface area (Å²) in [6.45, 7) is 23.1. The third kappa shape index (κ3) is 6.88. The van der Waals surface area contributed by atoms with Crippen LogP contribution >= 0.6 is 27.3 Å². The summed E-state index contributed by atoms with van der Waals surface area (Å²) in [5.41, 5.74) is 1.28. The van der Waals surface area contributed by atoms with E-state index in [4.69, 9.17) is 4.43 Å². The minimum absolute atomic E-state index is 0. The molecule has 3 atom stereocenters. The van der Waals surface area contributed by atoms with Crippen LogP contribution in [-0.2, 0) is 0 Å². The van der Waals surface area contributed by atoms with Crippen LogP contribution in [0.4, 0.5) is 0 Å². The predicted molar refractivity (Wildman–Crippen MR) is 144 cm³/mol. The van der Waals surface area contributed by atoms with Crippen molar-refractivity contribution in [1.82, 2.24) is 9.80 Å².